The van der Waals surface area contributed by atoms with Gasteiger partial charge in [0.2, 0.25) is 5.91 Å². The molecule has 1 fully saturated rings. The van der Waals surface area contributed by atoms with Crippen LogP contribution in [0.3, 0.4) is 0 Å². The highest BCUT2D eigenvalue weighted by Crippen LogP contribution is 2.34. The van der Waals surface area contributed by atoms with Crippen LogP contribution in [0, 0.1) is 0 Å². The number of rotatable bonds is 6. The van der Waals surface area contributed by atoms with Gasteiger partial charge in [0.1, 0.15) is 5.52 Å². The van der Waals surface area contributed by atoms with Crippen molar-refractivity contribution in [2.75, 3.05) is 23.8 Å². The monoisotopic (exact) mass is 418 g/mol. The topological polar surface area (TPSA) is 42.4 Å². The highest BCUT2D eigenvalue weighted by atomic mass is 35.5. The van der Waals surface area contributed by atoms with Gasteiger partial charge < -0.3 is 4.74 Å². The first-order valence-electron chi connectivity index (χ1n) is 8.85. The Kier molecular flexibility index (Phi) is 5.98. The lowest BCUT2D eigenvalue weighted by Crippen LogP contribution is -2.38. The molecule has 0 N–H and O–H groups in total. The highest BCUT2D eigenvalue weighted by Gasteiger charge is 2.26. The molecule has 1 aromatic heterocycles. The fourth-order valence-corrected chi connectivity index (χ4v) is 5.12. The maximum Gasteiger partial charge on any atom is 0.239 e. The lowest BCUT2D eigenvalue weighted by Gasteiger charge is -2.23. The van der Waals surface area contributed by atoms with Gasteiger partial charge in [-0.3, -0.25) is 9.69 Å². The van der Waals surface area contributed by atoms with Crippen LogP contribution in [0.25, 0.3) is 10.2 Å². The minimum atomic E-state index is 0.0366. The van der Waals surface area contributed by atoms with Crippen LogP contribution < -0.4 is 4.90 Å². The van der Waals surface area contributed by atoms with Crippen molar-refractivity contribution in [1.29, 1.82) is 0 Å². The molecule has 27 heavy (non-hydrogen) atoms. The zero-order valence-electron chi connectivity index (χ0n) is 14.6. The Hall–Kier alpha value is -1.60. The van der Waals surface area contributed by atoms with E-state index in [0.717, 1.165) is 34.6 Å². The van der Waals surface area contributed by atoms with Crippen LogP contribution in [0.1, 0.15) is 12.8 Å². The summed E-state index contributed by atoms with van der Waals surface area (Å²) in [5.74, 6) is 0.398. The van der Waals surface area contributed by atoms with E-state index in [-0.39, 0.29) is 12.0 Å². The van der Waals surface area contributed by atoms with E-state index in [1.165, 1.54) is 23.1 Å². The fraction of sp³-hybridized carbons (Fsp3) is 0.300. The molecular formula is C20H19ClN2O2S2. The van der Waals surface area contributed by atoms with Gasteiger partial charge in [0.15, 0.2) is 5.13 Å². The lowest BCUT2D eigenvalue weighted by molar-refractivity contribution is -0.116. The third kappa shape index (κ3) is 4.46. The first kappa shape index (κ1) is 18.7. The summed E-state index contributed by atoms with van der Waals surface area (Å²) >= 11 is 9.31. The third-order valence-corrected chi connectivity index (χ3v) is 6.75. The maximum absolute atomic E-state index is 13.0. The summed E-state index contributed by atoms with van der Waals surface area (Å²) in [6.07, 6.45) is 2.08. The van der Waals surface area contributed by atoms with Gasteiger partial charge in [-0.05, 0) is 37.1 Å². The predicted molar refractivity (Wildman–Crippen MR) is 113 cm³/mol. The molecule has 140 valence electrons. The van der Waals surface area contributed by atoms with Crippen molar-refractivity contribution in [1.82, 2.24) is 4.98 Å². The Bertz CT molecular complexity index is 926. The van der Waals surface area contributed by atoms with E-state index in [9.17, 15) is 4.79 Å². The number of halogens is 1. The van der Waals surface area contributed by atoms with Crippen LogP contribution in [-0.4, -0.2) is 35.9 Å². The number of hydrogen-bond donors (Lipinski definition) is 0. The molecular weight excluding hydrogens is 400 g/mol. The second kappa shape index (κ2) is 8.61. The summed E-state index contributed by atoms with van der Waals surface area (Å²) in [4.78, 5) is 20.6. The molecule has 4 nitrogen and oxygen atoms in total. The number of nitrogens with zero attached hydrogens (tertiary/aromatic N) is 2. The van der Waals surface area contributed by atoms with Gasteiger partial charge in [0, 0.05) is 11.5 Å². The van der Waals surface area contributed by atoms with Crippen LogP contribution >= 0.6 is 34.7 Å². The van der Waals surface area contributed by atoms with Gasteiger partial charge in [0.25, 0.3) is 0 Å². The fourth-order valence-electron chi connectivity index (χ4n) is 3.04. The van der Waals surface area contributed by atoms with Crippen LogP contribution in [0.15, 0.2) is 53.4 Å². The molecule has 2 heterocycles. The number of carbonyl (C=O) groups excluding carboxylic acids is 1. The largest absolute Gasteiger partial charge is 0.376 e. The highest BCUT2D eigenvalue weighted by molar-refractivity contribution is 8.00. The van der Waals surface area contributed by atoms with Crippen LogP contribution in [0.5, 0.6) is 0 Å². The smallest absolute Gasteiger partial charge is 0.239 e. The second-order valence-corrected chi connectivity index (χ2v) is 8.79. The molecule has 1 amide bonds. The van der Waals surface area contributed by atoms with Crippen molar-refractivity contribution >= 4 is 56.0 Å². The van der Waals surface area contributed by atoms with Gasteiger partial charge >= 0.3 is 0 Å². The number of carbonyl (C=O) groups is 1. The molecule has 1 aliphatic heterocycles. The van der Waals surface area contributed by atoms with Gasteiger partial charge in [-0.15, -0.1) is 11.8 Å². The number of amides is 1. The van der Waals surface area contributed by atoms with E-state index < -0.39 is 0 Å². The number of hydrogen-bond acceptors (Lipinski definition) is 5. The van der Waals surface area contributed by atoms with E-state index in [4.69, 9.17) is 16.3 Å². The summed E-state index contributed by atoms with van der Waals surface area (Å²) in [7, 11) is 0. The van der Waals surface area contributed by atoms with Gasteiger partial charge in [-0.2, -0.15) is 0 Å². The molecule has 0 radical (unpaired) electrons. The van der Waals surface area contributed by atoms with E-state index >= 15 is 0 Å². The molecule has 2 aromatic carbocycles. The lowest BCUT2D eigenvalue weighted by atomic mass is 10.2. The molecule has 0 saturated carbocycles. The molecule has 0 spiro atoms. The summed E-state index contributed by atoms with van der Waals surface area (Å²) in [6, 6.07) is 15.7. The van der Waals surface area contributed by atoms with E-state index in [1.54, 1.807) is 4.90 Å². The Balaban J connectivity index is 1.57. The minimum Gasteiger partial charge on any atom is -0.376 e. The van der Waals surface area contributed by atoms with Gasteiger partial charge in [-0.1, -0.05) is 47.2 Å². The van der Waals surface area contributed by atoms with Crippen LogP contribution in [0.2, 0.25) is 5.02 Å². The summed E-state index contributed by atoms with van der Waals surface area (Å²) < 4.78 is 6.75. The molecule has 1 saturated heterocycles. The van der Waals surface area contributed by atoms with Crippen LogP contribution in [0.4, 0.5) is 5.13 Å². The molecule has 4 rings (SSSR count). The van der Waals surface area contributed by atoms with Gasteiger partial charge in [0.05, 0.1) is 28.1 Å². The number of thiazole rings is 1. The summed E-state index contributed by atoms with van der Waals surface area (Å²) in [5, 5.41) is 1.30. The van der Waals surface area contributed by atoms with Crippen molar-refractivity contribution in [3.8, 4) is 0 Å². The SMILES string of the molecule is O=C(CSc1ccccc1)N(CC1CCCO1)c1nc2c(Cl)cccc2s1. The van der Waals surface area contributed by atoms with Crippen molar-refractivity contribution in [2.45, 2.75) is 23.8 Å². The Labute approximate surface area is 171 Å². The number of benzene rings is 2. The summed E-state index contributed by atoms with van der Waals surface area (Å²) in [5.41, 5.74) is 0.750. The zero-order valence-corrected chi connectivity index (χ0v) is 17.0. The Morgan fingerprint density at radius 1 is 1.26 bits per heavy atom. The van der Waals surface area contributed by atoms with Gasteiger partial charge in [-0.25, -0.2) is 4.98 Å². The molecule has 1 unspecified atom stereocenters. The molecule has 0 bridgehead atoms. The van der Waals surface area contributed by atoms with Crippen molar-refractivity contribution < 1.29 is 9.53 Å². The quantitative estimate of drug-likeness (QED) is 0.512. The minimum absolute atomic E-state index is 0.0366. The number of thioether (sulfide) groups is 1. The van der Waals surface area contributed by atoms with Crippen LogP contribution in [-0.2, 0) is 9.53 Å². The number of ether oxygens (including phenoxy) is 1. The van der Waals surface area contributed by atoms with E-state index in [0.29, 0.717) is 22.5 Å². The Morgan fingerprint density at radius 2 is 2.11 bits per heavy atom. The second-order valence-electron chi connectivity index (χ2n) is 6.32. The predicted octanol–water partition coefficient (Wildman–Crippen LogP) is 5.25. The first-order chi connectivity index (χ1) is 13.2. The standard InChI is InChI=1S/C20H19ClN2O2S2/c21-16-9-4-10-17-19(16)22-20(27-17)23(12-14-6-5-11-25-14)18(24)13-26-15-7-2-1-3-8-15/h1-4,7-10,14H,5-6,11-13H2. The summed E-state index contributed by atoms with van der Waals surface area (Å²) in [6.45, 7) is 1.29. The maximum atomic E-state index is 13.0. The first-order valence-corrected chi connectivity index (χ1v) is 11.0. The van der Waals surface area contributed by atoms with Crippen molar-refractivity contribution in [3.05, 3.63) is 53.6 Å². The third-order valence-electron chi connectivity index (χ3n) is 4.41. The van der Waals surface area contributed by atoms with Crippen molar-refractivity contribution in [3.63, 3.8) is 0 Å². The number of fused-ring (bicyclic) bond motifs is 1. The molecule has 1 aliphatic rings. The number of anilines is 1. The molecule has 1 atom stereocenters. The van der Waals surface area contributed by atoms with Crippen molar-refractivity contribution in [2.24, 2.45) is 0 Å². The zero-order chi connectivity index (χ0) is 18.6. The molecule has 3 aromatic rings. The number of aromatic nitrogens is 1. The molecule has 0 aliphatic carbocycles. The average Bonchev–Trinajstić information content (AvgIpc) is 3.35. The Morgan fingerprint density at radius 3 is 2.85 bits per heavy atom. The normalized spacial score (nSPS) is 16.7. The van der Waals surface area contributed by atoms with E-state index in [1.807, 2.05) is 48.5 Å². The van der Waals surface area contributed by atoms with E-state index in [2.05, 4.69) is 4.98 Å². The number of para-hydroxylation sites is 1. The molecule has 7 heteroatoms. The average molecular weight is 419 g/mol.